The lowest BCUT2D eigenvalue weighted by Crippen LogP contribution is -2.16. The van der Waals surface area contributed by atoms with E-state index in [0.29, 0.717) is 35.8 Å². The van der Waals surface area contributed by atoms with E-state index in [1.54, 1.807) is 24.3 Å². The molecule has 0 fully saturated rings. The van der Waals surface area contributed by atoms with Crippen LogP contribution in [0, 0.1) is 0 Å². The van der Waals surface area contributed by atoms with E-state index in [2.05, 4.69) is 31.9 Å². The Hall–Kier alpha value is -1.33. The molecule has 20 heavy (non-hydrogen) atoms. The van der Waals surface area contributed by atoms with Gasteiger partial charge in [-0.1, -0.05) is 15.9 Å². The van der Waals surface area contributed by atoms with Crippen LogP contribution in [-0.4, -0.2) is 19.0 Å². The van der Waals surface area contributed by atoms with Gasteiger partial charge in [0.25, 0.3) is 0 Å². The minimum absolute atomic E-state index is 0.0543. The number of carbonyl (C=O) groups excluding carboxylic acids is 1. The molecule has 1 heterocycles. The Balaban J connectivity index is 1.98. The largest absolute Gasteiger partial charge is 0.486 e. The van der Waals surface area contributed by atoms with Crippen molar-refractivity contribution < 1.29 is 14.3 Å². The lowest BCUT2D eigenvalue weighted by Gasteiger charge is -2.18. The summed E-state index contributed by atoms with van der Waals surface area (Å²) in [6.07, 6.45) is 0. The number of ether oxygens (including phenoxy) is 2. The van der Waals surface area contributed by atoms with E-state index in [1.807, 2.05) is 12.1 Å². The monoisotopic (exact) mass is 396 g/mol. The molecule has 0 aromatic heterocycles. The van der Waals surface area contributed by atoms with Crippen LogP contribution in [0.2, 0.25) is 0 Å². The van der Waals surface area contributed by atoms with Crippen LogP contribution < -0.4 is 9.47 Å². The van der Waals surface area contributed by atoms with Gasteiger partial charge in [0.15, 0.2) is 17.3 Å². The molecule has 0 amide bonds. The average molecular weight is 398 g/mol. The number of fused-ring (bicyclic) bond motifs is 1. The van der Waals surface area contributed by atoms with Gasteiger partial charge in [0.2, 0.25) is 0 Å². The predicted molar refractivity (Wildman–Crippen MR) is 82.7 cm³/mol. The van der Waals surface area contributed by atoms with E-state index in [1.165, 1.54) is 0 Å². The Labute approximate surface area is 133 Å². The smallest absolute Gasteiger partial charge is 0.194 e. The van der Waals surface area contributed by atoms with E-state index >= 15 is 0 Å². The zero-order valence-corrected chi connectivity index (χ0v) is 13.5. The maximum atomic E-state index is 12.5. The van der Waals surface area contributed by atoms with E-state index in [9.17, 15) is 4.79 Å². The Bertz CT molecular complexity index is 683. The fourth-order valence-corrected chi connectivity index (χ4v) is 3.24. The molecule has 102 valence electrons. The molecule has 0 saturated heterocycles. The summed E-state index contributed by atoms with van der Waals surface area (Å²) in [6, 6.07) is 10.7. The van der Waals surface area contributed by atoms with E-state index in [-0.39, 0.29) is 5.78 Å². The normalized spacial score (nSPS) is 13.1. The molecule has 2 aromatic carbocycles. The summed E-state index contributed by atoms with van der Waals surface area (Å²) in [5.74, 6) is 1.25. The van der Waals surface area contributed by atoms with Crippen LogP contribution in [0.15, 0.2) is 45.3 Å². The molecule has 0 aliphatic carbocycles. The summed E-state index contributed by atoms with van der Waals surface area (Å²) in [6.45, 7) is 1.05. The highest BCUT2D eigenvalue weighted by Gasteiger charge is 2.17. The van der Waals surface area contributed by atoms with Crippen molar-refractivity contribution in [3.8, 4) is 11.5 Å². The van der Waals surface area contributed by atoms with Crippen molar-refractivity contribution in [2.75, 3.05) is 13.2 Å². The van der Waals surface area contributed by atoms with Gasteiger partial charge in [-0.3, -0.25) is 4.79 Å². The number of carbonyl (C=O) groups is 1. The van der Waals surface area contributed by atoms with Gasteiger partial charge < -0.3 is 9.47 Å². The first-order chi connectivity index (χ1) is 9.65. The fourth-order valence-electron chi connectivity index (χ4n) is 2.01. The van der Waals surface area contributed by atoms with Gasteiger partial charge in [-0.25, -0.2) is 0 Å². The molecule has 0 saturated carbocycles. The first-order valence-electron chi connectivity index (χ1n) is 6.04. The summed E-state index contributed by atoms with van der Waals surface area (Å²) >= 11 is 6.79. The molecule has 2 aromatic rings. The van der Waals surface area contributed by atoms with Gasteiger partial charge in [0.1, 0.15) is 13.2 Å². The van der Waals surface area contributed by atoms with Crippen LogP contribution in [0.5, 0.6) is 11.5 Å². The first-order valence-corrected chi connectivity index (χ1v) is 7.63. The zero-order chi connectivity index (χ0) is 14.1. The van der Waals surface area contributed by atoms with Crippen molar-refractivity contribution in [2.45, 2.75) is 0 Å². The molecule has 0 spiro atoms. The number of hydrogen-bond donors (Lipinski definition) is 0. The van der Waals surface area contributed by atoms with Crippen LogP contribution in [0.25, 0.3) is 0 Å². The molecule has 0 unspecified atom stereocenters. The highest BCUT2D eigenvalue weighted by molar-refractivity contribution is 9.11. The maximum Gasteiger partial charge on any atom is 0.194 e. The van der Waals surface area contributed by atoms with Gasteiger partial charge in [-0.05, 0) is 52.3 Å². The molecule has 3 nitrogen and oxygen atoms in total. The van der Waals surface area contributed by atoms with Crippen molar-refractivity contribution in [1.82, 2.24) is 0 Å². The van der Waals surface area contributed by atoms with Gasteiger partial charge >= 0.3 is 0 Å². The number of halogens is 2. The summed E-state index contributed by atoms with van der Waals surface area (Å²) in [4.78, 5) is 12.5. The van der Waals surface area contributed by atoms with Crippen LogP contribution >= 0.6 is 31.9 Å². The van der Waals surface area contributed by atoms with Gasteiger partial charge in [0.05, 0.1) is 0 Å². The van der Waals surface area contributed by atoms with Gasteiger partial charge in [0, 0.05) is 20.1 Å². The summed E-state index contributed by atoms with van der Waals surface area (Å²) in [5.41, 5.74) is 1.20. The third-order valence-corrected chi connectivity index (χ3v) is 4.13. The van der Waals surface area contributed by atoms with Crippen LogP contribution in [0.3, 0.4) is 0 Å². The lowest BCUT2D eigenvalue weighted by atomic mass is 10.0. The number of ketones is 1. The predicted octanol–water partition coefficient (Wildman–Crippen LogP) is 4.21. The average Bonchev–Trinajstić information content (AvgIpc) is 2.46. The van der Waals surface area contributed by atoms with Crippen LogP contribution in [-0.2, 0) is 0 Å². The highest BCUT2D eigenvalue weighted by Crippen LogP contribution is 2.32. The Kier molecular flexibility index (Phi) is 3.81. The molecule has 1 aliphatic heterocycles. The minimum atomic E-state index is -0.0543. The third-order valence-electron chi connectivity index (χ3n) is 2.98. The molecule has 1 aliphatic rings. The van der Waals surface area contributed by atoms with E-state index < -0.39 is 0 Å². The molecule has 0 N–H and O–H groups in total. The van der Waals surface area contributed by atoms with E-state index in [4.69, 9.17) is 9.47 Å². The van der Waals surface area contributed by atoms with Crippen molar-refractivity contribution in [3.05, 3.63) is 56.5 Å². The van der Waals surface area contributed by atoms with Crippen LogP contribution in [0.1, 0.15) is 15.9 Å². The van der Waals surface area contributed by atoms with E-state index in [0.717, 1.165) is 8.95 Å². The quantitative estimate of drug-likeness (QED) is 0.712. The van der Waals surface area contributed by atoms with Crippen molar-refractivity contribution in [1.29, 1.82) is 0 Å². The van der Waals surface area contributed by atoms with Crippen molar-refractivity contribution >= 4 is 37.6 Å². The zero-order valence-electron chi connectivity index (χ0n) is 10.4. The minimum Gasteiger partial charge on any atom is -0.486 e. The Morgan fingerprint density at radius 3 is 2.45 bits per heavy atom. The molecule has 0 radical (unpaired) electrons. The van der Waals surface area contributed by atoms with Crippen molar-refractivity contribution in [2.24, 2.45) is 0 Å². The molecule has 0 bridgehead atoms. The molecular formula is C15H10Br2O3. The topological polar surface area (TPSA) is 35.5 Å². The number of rotatable bonds is 2. The summed E-state index contributed by atoms with van der Waals surface area (Å²) in [5, 5.41) is 0. The van der Waals surface area contributed by atoms with Crippen LogP contribution in [0.4, 0.5) is 0 Å². The summed E-state index contributed by atoms with van der Waals surface area (Å²) < 4.78 is 12.6. The second kappa shape index (κ2) is 5.58. The Morgan fingerprint density at radius 1 is 0.950 bits per heavy atom. The standard InChI is InChI=1S/C15H10Br2O3/c16-10-2-3-11(12(17)8-10)15(18)9-1-4-13-14(7-9)20-6-5-19-13/h1-4,7-8H,5-6H2. The Morgan fingerprint density at radius 2 is 1.70 bits per heavy atom. The lowest BCUT2D eigenvalue weighted by molar-refractivity contribution is 0.103. The number of hydrogen-bond acceptors (Lipinski definition) is 3. The van der Waals surface area contributed by atoms with Gasteiger partial charge in [-0.15, -0.1) is 0 Å². The second-order valence-corrected chi connectivity index (χ2v) is 6.08. The molecule has 0 atom stereocenters. The molecular weight excluding hydrogens is 388 g/mol. The molecule has 3 rings (SSSR count). The third kappa shape index (κ3) is 2.60. The van der Waals surface area contributed by atoms with Crippen molar-refractivity contribution in [3.63, 3.8) is 0 Å². The number of benzene rings is 2. The first kappa shape index (κ1) is 13.6. The highest BCUT2D eigenvalue weighted by atomic mass is 79.9. The summed E-state index contributed by atoms with van der Waals surface area (Å²) in [7, 11) is 0. The second-order valence-electron chi connectivity index (χ2n) is 4.31. The molecule has 5 heteroatoms. The van der Waals surface area contributed by atoms with Gasteiger partial charge in [-0.2, -0.15) is 0 Å². The maximum absolute atomic E-state index is 12.5. The fraction of sp³-hybridized carbons (Fsp3) is 0.133. The SMILES string of the molecule is O=C(c1ccc2c(c1)OCCO2)c1ccc(Br)cc1Br.